The molecule has 1 aliphatic heterocycles. The van der Waals surface area contributed by atoms with Crippen LogP contribution in [-0.2, 0) is 4.79 Å². The van der Waals surface area contributed by atoms with Gasteiger partial charge in [-0.15, -0.1) is 0 Å². The van der Waals surface area contributed by atoms with E-state index in [0.29, 0.717) is 24.3 Å². The number of ether oxygens (including phenoxy) is 2. The third-order valence-electron chi connectivity index (χ3n) is 3.87. The molecular weight excluding hydrogens is 270 g/mol. The number of amides is 1. The number of aliphatic hydroxyl groups excluding tert-OH is 1. The van der Waals surface area contributed by atoms with Gasteiger partial charge in [-0.3, -0.25) is 4.79 Å². The first-order chi connectivity index (χ1) is 10.1. The summed E-state index contributed by atoms with van der Waals surface area (Å²) in [5.74, 6) is 1.18. The summed E-state index contributed by atoms with van der Waals surface area (Å²) in [5, 5.41) is 12.3. The Balaban J connectivity index is 2.02. The number of rotatable bonds is 6. The van der Waals surface area contributed by atoms with E-state index < -0.39 is 5.54 Å². The first-order valence-electron chi connectivity index (χ1n) is 7.13. The summed E-state index contributed by atoms with van der Waals surface area (Å²) < 4.78 is 10.5. The van der Waals surface area contributed by atoms with Crippen LogP contribution < -0.4 is 14.8 Å². The van der Waals surface area contributed by atoms with E-state index in [1.165, 1.54) is 6.08 Å². The van der Waals surface area contributed by atoms with Gasteiger partial charge in [0.05, 0.1) is 12.1 Å². The average Bonchev–Trinajstić information content (AvgIpc) is 2.98. The van der Waals surface area contributed by atoms with Gasteiger partial charge < -0.3 is 19.9 Å². The molecule has 1 aromatic rings. The number of carbonyl (C=O) groups is 1. The van der Waals surface area contributed by atoms with Crippen molar-refractivity contribution in [3.8, 4) is 11.5 Å². The summed E-state index contributed by atoms with van der Waals surface area (Å²) in [6.45, 7) is 4.06. The number of nitrogens with one attached hydrogen (secondary N) is 1. The van der Waals surface area contributed by atoms with Crippen LogP contribution in [0.1, 0.15) is 32.3 Å². The smallest absolute Gasteiger partial charge is 0.244 e. The number of benzene rings is 1. The van der Waals surface area contributed by atoms with Gasteiger partial charge in [-0.1, -0.05) is 19.9 Å². The van der Waals surface area contributed by atoms with E-state index in [-0.39, 0.29) is 19.3 Å². The van der Waals surface area contributed by atoms with Crippen molar-refractivity contribution in [2.24, 2.45) is 0 Å². The van der Waals surface area contributed by atoms with Gasteiger partial charge >= 0.3 is 0 Å². The molecule has 21 heavy (non-hydrogen) atoms. The van der Waals surface area contributed by atoms with Crippen LogP contribution in [0.5, 0.6) is 11.5 Å². The molecule has 114 valence electrons. The van der Waals surface area contributed by atoms with Crippen LogP contribution >= 0.6 is 0 Å². The second-order valence-electron chi connectivity index (χ2n) is 5.08. The Bertz CT molecular complexity index is 527. The van der Waals surface area contributed by atoms with Crippen LogP contribution in [0.25, 0.3) is 6.08 Å². The van der Waals surface area contributed by atoms with Gasteiger partial charge in [0.1, 0.15) is 0 Å². The molecule has 0 spiro atoms. The van der Waals surface area contributed by atoms with Crippen LogP contribution in [-0.4, -0.2) is 30.0 Å². The fourth-order valence-corrected chi connectivity index (χ4v) is 2.18. The molecule has 5 nitrogen and oxygen atoms in total. The Morgan fingerprint density at radius 1 is 1.33 bits per heavy atom. The molecule has 0 aliphatic carbocycles. The van der Waals surface area contributed by atoms with Gasteiger partial charge in [-0.25, -0.2) is 0 Å². The second kappa shape index (κ2) is 6.63. The van der Waals surface area contributed by atoms with Crippen LogP contribution in [0.4, 0.5) is 0 Å². The lowest BCUT2D eigenvalue weighted by atomic mass is 9.94. The molecule has 0 saturated carbocycles. The largest absolute Gasteiger partial charge is 0.454 e. The topological polar surface area (TPSA) is 67.8 Å². The van der Waals surface area contributed by atoms with Crippen molar-refractivity contribution in [2.75, 3.05) is 13.4 Å². The molecule has 1 aromatic carbocycles. The van der Waals surface area contributed by atoms with Crippen molar-refractivity contribution < 1.29 is 19.4 Å². The van der Waals surface area contributed by atoms with Crippen LogP contribution in [0.2, 0.25) is 0 Å². The maximum atomic E-state index is 12.0. The van der Waals surface area contributed by atoms with Gasteiger partial charge in [0.15, 0.2) is 11.5 Å². The maximum Gasteiger partial charge on any atom is 0.244 e. The van der Waals surface area contributed by atoms with E-state index >= 15 is 0 Å². The Labute approximate surface area is 124 Å². The zero-order chi connectivity index (χ0) is 15.3. The summed E-state index contributed by atoms with van der Waals surface area (Å²) in [6, 6.07) is 5.50. The fourth-order valence-electron chi connectivity index (χ4n) is 2.18. The van der Waals surface area contributed by atoms with Crippen molar-refractivity contribution in [2.45, 2.75) is 32.2 Å². The summed E-state index contributed by atoms with van der Waals surface area (Å²) in [5.41, 5.74) is 0.313. The zero-order valence-corrected chi connectivity index (χ0v) is 12.4. The zero-order valence-electron chi connectivity index (χ0n) is 12.4. The highest BCUT2D eigenvalue weighted by atomic mass is 16.7. The van der Waals surface area contributed by atoms with Gasteiger partial charge in [0, 0.05) is 6.08 Å². The summed E-state index contributed by atoms with van der Waals surface area (Å²) in [4.78, 5) is 12.0. The molecule has 2 N–H and O–H groups in total. The van der Waals surface area contributed by atoms with Gasteiger partial charge in [0.2, 0.25) is 12.7 Å². The molecule has 0 aromatic heterocycles. The predicted octanol–water partition coefficient (Wildman–Crippen LogP) is 2.10. The van der Waals surface area contributed by atoms with Crippen molar-refractivity contribution in [3.63, 3.8) is 0 Å². The Hall–Kier alpha value is -2.01. The molecule has 1 heterocycles. The molecular formula is C16H21NO4. The molecule has 0 atom stereocenters. The van der Waals surface area contributed by atoms with Crippen molar-refractivity contribution in [1.29, 1.82) is 0 Å². The molecule has 0 saturated heterocycles. The molecule has 1 aliphatic rings. The van der Waals surface area contributed by atoms with E-state index in [1.807, 2.05) is 32.0 Å². The molecule has 1 amide bonds. The Morgan fingerprint density at radius 2 is 2.05 bits per heavy atom. The Morgan fingerprint density at radius 3 is 2.71 bits per heavy atom. The molecule has 2 rings (SSSR count). The van der Waals surface area contributed by atoms with Crippen molar-refractivity contribution in [3.05, 3.63) is 29.8 Å². The minimum absolute atomic E-state index is 0.0659. The van der Waals surface area contributed by atoms with Crippen LogP contribution in [0.15, 0.2) is 24.3 Å². The van der Waals surface area contributed by atoms with E-state index in [2.05, 4.69) is 5.32 Å². The van der Waals surface area contributed by atoms with E-state index in [4.69, 9.17) is 9.47 Å². The molecule has 0 bridgehead atoms. The molecule has 5 heteroatoms. The highest BCUT2D eigenvalue weighted by molar-refractivity contribution is 5.92. The molecule has 0 radical (unpaired) electrons. The third kappa shape index (κ3) is 3.55. The predicted molar refractivity (Wildman–Crippen MR) is 80.1 cm³/mol. The van der Waals surface area contributed by atoms with Crippen molar-refractivity contribution >= 4 is 12.0 Å². The Kier molecular flexibility index (Phi) is 4.85. The fraction of sp³-hybridized carbons (Fsp3) is 0.438. The van der Waals surface area contributed by atoms with Crippen LogP contribution in [0, 0.1) is 0 Å². The summed E-state index contributed by atoms with van der Waals surface area (Å²) in [7, 11) is 0. The SMILES string of the molecule is CCC(CC)(CO)NC(=O)C=Cc1ccc2c(c1)OCO2. The molecule has 0 fully saturated rings. The van der Waals surface area contributed by atoms with Crippen LogP contribution in [0.3, 0.4) is 0 Å². The third-order valence-corrected chi connectivity index (χ3v) is 3.87. The monoisotopic (exact) mass is 291 g/mol. The first-order valence-corrected chi connectivity index (χ1v) is 7.13. The molecule has 0 unspecified atom stereocenters. The van der Waals surface area contributed by atoms with E-state index in [9.17, 15) is 9.90 Å². The summed E-state index contributed by atoms with van der Waals surface area (Å²) in [6.07, 6.45) is 4.55. The first kappa shape index (κ1) is 15.4. The second-order valence-corrected chi connectivity index (χ2v) is 5.08. The lowest BCUT2D eigenvalue weighted by molar-refractivity contribution is -0.119. The maximum absolute atomic E-state index is 12.0. The lowest BCUT2D eigenvalue weighted by Crippen LogP contribution is -2.49. The number of carbonyl (C=O) groups excluding carboxylic acids is 1. The number of fused-ring (bicyclic) bond motifs is 1. The van der Waals surface area contributed by atoms with Gasteiger partial charge in [-0.2, -0.15) is 0 Å². The normalized spacial score (nSPS) is 13.7. The highest BCUT2D eigenvalue weighted by Crippen LogP contribution is 2.32. The number of hydrogen-bond acceptors (Lipinski definition) is 4. The standard InChI is InChI=1S/C16H21NO4/c1-3-16(4-2,10-18)17-15(19)8-6-12-5-7-13-14(9-12)21-11-20-13/h5-9,18H,3-4,10-11H2,1-2H3,(H,17,19). The number of aliphatic hydroxyl groups is 1. The van der Waals surface area contributed by atoms with Crippen molar-refractivity contribution in [1.82, 2.24) is 5.32 Å². The van der Waals surface area contributed by atoms with Gasteiger partial charge in [-0.05, 0) is 36.6 Å². The average molecular weight is 291 g/mol. The van der Waals surface area contributed by atoms with Gasteiger partial charge in [0.25, 0.3) is 0 Å². The van der Waals surface area contributed by atoms with E-state index in [0.717, 1.165) is 5.56 Å². The quantitative estimate of drug-likeness (QED) is 0.788. The lowest BCUT2D eigenvalue weighted by Gasteiger charge is -2.30. The van der Waals surface area contributed by atoms with E-state index in [1.54, 1.807) is 6.08 Å². The number of hydrogen-bond donors (Lipinski definition) is 2. The summed E-state index contributed by atoms with van der Waals surface area (Å²) >= 11 is 0. The minimum atomic E-state index is -0.545. The highest BCUT2D eigenvalue weighted by Gasteiger charge is 2.26. The minimum Gasteiger partial charge on any atom is -0.454 e.